The molecule has 0 spiro atoms. The molecule has 0 saturated heterocycles. The maximum atomic E-state index is 3.21. The first-order valence-electron chi connectivity index (χ1n) is 4.21. The van der Waals surface area contributed by atoms with Gasteiger partial charge in [-0.2, -0.15) is 0 Å². The highest BCUT2D eigenvalue weighted by Gasteiger charge is 2.06. The summed E-state index contributed by atoms with van der Waals surface area (Å²) in [5.74, 6) is 0. The van der Waals surface area contributed by atoms with Crippen molar-refractivity contribution in [3.63, 3.8) is 0 Å². The molecule has 1 N–H and O–H groups in total. The van der Waals surface area contributed by atoms with Crippen molar-refractivity contribution < 1.29 is 0 Å². The Kier molecular flexibility index (Phi) is 4.73. The highest BCUT2D eigenvalue weighted by Crippen LogP contribution is 2.28. The van der Waals surface area contributed by atoms with E-state index in [-0.39, 0.29) is 0 Å². The molecule has 1 heterocycles. The van der Waals surface area contributed by atoms with E-state index in [1.54, 1.807) is 0 Å². The Hall–Kier alpha value is 0.01000. The topological polar surface area (TPSA) is 12.0 Å². The highest BCUT2D eigenvalue weighted by atomic mass is 32.2. The van der Waals surface area contributed by atoms with Crippen LogP contribution in [-0.2, 0) is 0 Å². The van der Waals surface area contributed by atoms with Crippen LogP contribution >= 0.6 is 23.1 Å². The van der Waals surface area contributed by atoms with Crippen molar-refractivity contribution in [1.82, 2.24) is 5.32 Å². The maximum Gasteiger partial charge on any atom is 0.0601 e. The van der Waals surface area contributed by atoms with E-state index in [0.29, 0.717) is 5.25 Å². The lowest BCUT2D eigenvalue weighted by molar-refractivity contribution is 0.727. The fraction of sp³-hybridized carbons (Fsp3) is 0.556. The van der Waals surface area contributed by atoms with E-state index in [1.807, 2.05) is 30.1 Å². The number of thiophene rings is 1. The summed E-state index contributed by atoms with van der Waals surface area (Å²) in [5.41, 5.74) is 0. The molecule has 0 bridgehead atoms. The molecule has 0 radical (unpaired) electrons. The lowest BCUT2D eigenvalue weighted by Gasteiger charge is -2.11. The van der Waals surface area contributed by atoms with Gasteiger partial charge in [-0.25, -0.2) is 0 Å². The van der Waals surface area contributed by atoms with Crippen LogP contribution in [0.2, 0.25) is 0 Å². The Morgan fingerprint density at radius 1 is 1.67 bits per heavy atom. The van der Waals surface area contributed by atoms with Gasteiger partial charge < -0.3 is 5.32 Å². The van der Waals surface area contributed by atoms with Crippen LogP contribution < -0.4 is 5.32 Å². The van der Waals surface area contributed by atoms with Crippen LogP contribution in [0.15, 0.2) is 21.7 Å². The molecule has 3 heteroatoms. The lowest BCUT2D eigenvalue weighted by atomic mass is 10.3. The molecule has 68 valence electrons. The van der Waals surface area contributed by atoms with Gasteiger partial charge in [-0.15, -0.1) is 23.1 Å². The summed E-state index contributed by atoms with van der Waals surface area (Å²) >= 11 is 3.80. The SMILES string of the molecule is CCC(CNC)Sc1cccs1. The fourth-order valence-corrected chi connectivity index (χ4v) is 3.14. The summed E-state index contributed by atoms with van der Waals surface area (Å²) in [7, 11) is 2.01. The molecule has 0 saturated carbocycles. The summed E-state index contributed by atoms with van der Waals surface area (Å²) in [6, 6.07) is 4.30. The van der Waals surface area contributed by atoms with E-state index in [9.17, 15) is 0 Å². The number of nitrogens with one attached hydrogen (secondary N) is 1. The minimum absolute atomic E-state index is 0.716. The molecule has 0 aromatic carbocycles. The van der Waals surface area contributed by atoms with E-state index in [0.717, 1.165) is 6.54 Å². The molecule has 1 atom stereocenters. The molecular formula is C9H15NS2. The average Bonchev–Trinajstić information content (AvgIpc) is 2.56. The van der Waals surface area contributed by atoms with E-state index >= 15 is 0 Å². The van der Waals surface area contributed by atoms with Crippen molar-refractivity contribution in [2.75, 3.05) is 13.6 Å². The molecule has 0 fully saturated rings. The molecular weight excluding hydrogens is 186 g/mol. The van der Waals surface area contributed by atoms with Gasteiger partial charge in [-0.3, -0.25) is 0 Å². The number of rotatable bonds is 5. The Labute approximate surface area is 82.6 Å². The van der Waals surface area contributed by atoms with Gasteiger partial charge in [0.15, 0.2) is 0 Å². The predicted octanol–water partition coefficient (Wildman–Crippen LogP) is 2.84. The van der Waals surface area contributed by atoms with Crippen LogP contribution in [0.4, 0.5) is 0 Å². The second kappa shape index (κ2) is 5.62. The third-order valence-electron chi connectivity index (χ3n) is 1.67. The molecule has 1 rings (SSSR count). The molecule has 1 nitrogen and oxygen atoms in total. The first-order valence-corrected chi connectivity index (χ1v) is 5.97. The van der Waals surface area contributed by atoms with Gasteiger partial charge >= 0.3 is 0 Å². The minimum atomic E-state index is 0.716. The standard InChI is InChI=1S/C9H15NS2/c1-3-8(7-10-2)12-9-5-4-6-11-9/h4-6,8,10H,3,7H2,1-2H3. The van der Waals surface area contributed by atoms with Gasteiger partial charge in [0, 0.05) is 11.8 Å². The predicted molar refractivity (Wildman–Crippen MR) is 58.2 cm³/mol. The van der Waals surface area contributed by atoms with Gasteiger partial charge in [-0.05, 0) is 24.9 Å². The molecule has 0 aliphatic carbocycles. The van der Waals surface area contributed by atoms with Crippen LogP contribution in [0.1, 0.15) is 13.3 Å². The van der Waals surface area contributed by atoms with Gasteiger partial charge in [0.2, 0.25) is 0 Å². The Bertz CT molecular complexity index is 196. The molecule has 1 aromatic heterocycles. The van der Waals surface area contributed by atoms with Gasteiger partial charge in [0.05, 0.1) is 4.21 Å². The third kappa shape index (κ3) is 3.17. The third-order valence-corrected chi connectivity index (χ3v) is 4.11. The van der Waals surface area contributed by atoms with E-state index in [4.69, 9.17) is 0 Å². The molecule has 1 aromatic rings. The van der Waals surface area contributed by atoms with E-state index in [2.05, 4.69) is 29.8 Å². The Morgan fingerprint density at radius 3 is 3.00 bits per heavy atom. The zero-order chi connectivity index (χ0) is 8.81. The summed E-state index contributed by atoms with van der Waals surface area (Å²) < 4.78 is 1.43. The number of thioether (sulfide) groups is 1. The maximum absolute atomic E-state index is 3.21. The van der Waals surface area contributed by atoms with Crippen molar-refractivity contribution in [3.05, 3.63) is 17.5 Å². The molecule has 1 unspecified atom stereocenters. The van der Waals surface area contributed by atoms with Crippen molar-refractivity contribution in [2.24, 2.45) is 0 Å². The van der Waals surface area contributed by atoms with E-state index < -0.39 is 0 Å². The van der Waals surface area contributed by atoms with Crippen molar-refractivity contribution in [3.8, 4) is 0 Å². The Balaban J connectivity index is 2.37. The lowest BCUT2D eigenvalue weighted by Crippen LogP contribution is -2.19. The second-order valence-electron chi connectivity index (χ2n) is 2.64. The normalized spacial score (nSPS) is 13.2. The van der Waals surface area contributed by atoms with Crippen LogP contribution in [-0.4, -0.2) is 18.8 Å². The first-order chi connectivity index (χ1) is 5.86. The monoisotopic (exact) mass is 201 g/mol. The fourth-order valence-electron chi connectivity index (χ4n) is 0.992. The molecule has 12 heavy (non-hydrogen) atoms. The average molecular weight is 201 g/mol. The Morgan fingerprint density at radius 2 is 2.50 bits per heavy atom. The first kappa shape index (κ1) is 10.1. The van der Waals surface area contributed by atoms with Crippen molar-refractivity contribution in [1.29, 1.82) is 0 Å². The van der Waals surface area contributed by atoms with Crippen LogP contribution in [0, 0.1) is 0 Å². The van der Waals surface area contributed by atoms with Crippen LogP contribution in [0.25, 0.3) is 0 Å². The van der Waals surface area contributed by atoms with Gasteiger partial charge in [0.25, 0.3) is 0 Å². The number of hydrogen-bond acceptors (Lipinski definition) is 3. The summed E-state index contributed by atoms with van der Waals surface area (Å²) in [6.45, 7) is 3.34. The summed E-state index contributed by atoms with van der Waals surface area (Å²) in [5, 5.41) is 6.06. The minimum Gasteiger partial charge on any atom is -0.319 e. The smallest absolute Gasteiger partial charge is 0.0601 e. The van der Waals surface area contributed by atoms with E-state index in [1.165, 1.54) is 10.6 Å². The molecule has 0 amide bonds. The van der Waals surface area contributed by atoms with Crippen LogP contribution in [0.3, 0.4) is 0 Å². The summed E-state index contributed by atoms with van der Waals surface area (Å²) in [4.78, 5) is 0. The zero-order valence-electron chi connectivity index (χ0n) is 7.54. The number of hydrogen-bond donors (Lipinski definition) is 1. The largest absolute Gasteiger partial charge is 0.319 e. The van der Waals surface area contributed by atoms with Gasteiger partial charge in [0.1, 0.15) is 0 Å². The molecule has 0 aliphatic rings. The van der Waals surface area contributed by atoms with Crippen LogP contribution in [0.5, 0.6) is 0 Å². The van der Waals surface area contributed by atoms with Crippen molar-refractivity contribution >= 4 is 23.1 Å². The van der Waals surface area contributed by atoms with Gasteiger partial charge in [-0.1, -0.05) is 13.0 Å². The zero-order valence-corrected chi connectivity index (χ0v) is 9.17. The summed E-state index contributed by atoms with van der Waals surface area (Å²) in [6.07, 6.45) is 1.23. The quantitative estimate of drug-likeness (QED) is 0.735. The van der Waals surface area contributed by atoms with Crippen molar-refractivity contribution in [2.45, 2.75) is 22.8 Å². The highest BCUT2D eigenvalue weighted by molar-refractivity contribution is 8.01. The second-order valence-corrected chi connectivity index (χ2v) is 5.19. The molecule has 0 aliphatic heterocycles.